The molecule has 4 aromatic carbocycles. The van der Waals surface area contributed by atoms with Gasteiger partial charge < -0.3 is 33.7 Å². The van der Waals surface area contributed by atoms with E-state index in [-0.39, 0.29) is 0 Å². The molecule has 5 aliphatic rings. The molecule has 5 fully saturated rings. The van der Waals surface area contributed by atoms with Crippen molar-refractivity contribution < 1.29 is 9.15 Å². The van der Waals surface area contributed by atoms with Gasteiger partial charge in [0, 0.05) is 88.1 Å². The highest BCUT2D eigenvalue weighted by atomic mass is 16.5. The fourth-order valence-corrected chi connectivity index (χ4v) is 15.7. The summed E-state index contributed by atoms with van der Waals surface area (Å²) in [7, 11) is 0. The molecule has 0 radical (unpaired) electrons. The Bertz CT molecular complexity index is 5580. The number of hydrogen-bond donors (Lipinski definition) is 0. The molecule has 0 atom stereocenters. The number of pyridine rings is 5. The summed E-state index contributed by atoms with van der Waals surface area (Å²) in [5.41, 5.74) is 21.7. The number of ether oxygens (including phenoxy) is 1. The first-order chi connectivity index (χ1) is 58.3. The van der Waals surface area contributed by atoms with Crippen molar-refractivity contribution in [3.05, 3.63) is 285 Å². The van der Waals surface area contributed by atoms with Crippen molar-refractivity contribution in [1.82, 2.24) is 69.8 Å². The lowest BCUT2D eigenvalue weighted by atomic mass is 10.1. The number of aromatic nitrogens is 14. The Morgan fingerprint density at radius 2 is 0.639 bits per heavy atom. The zero-order chi connectivity index (χ0) is 81.7. The molecule has 0 N–H and O–H groups in total. The molecule has 0 saturated carbocycles. The number of hydrogen-bond acceptors (Lipinski definition) is 21. The van der Waals surface area contributed by atoms with Crippen molar-refractivity contribution >= 4 is 74.3 Å². The van der Waals surface area contributed by atoms with E-state index in [0.29, 0.717) is 18.4 Å². The van der Waals surface area contributed by atoms with Gasteiger partial charge in [-0.2, -0.15) is 0 Å². The van der Waals surface area contributed by atoms with Gasteiger partial charge in [-0.05, 0) is 273 Å². The van der Waals surface area contributed by atoms with Gasteiger partial charge in [0.05, 0.1) is 95.7 Å². The quantitative estimate of drug-likeness (QED) is 0.0692. The Morgan fingerprint density at radius 3 is 1.12 bits per heavy atom. The molecule has 5 aliphatic heterocycles. The molecular weight excluding hydrogens is 1480 g/mol. The van der Waals surface area contributed by atoms with Gasteiger partial charge in [-0.15, -0.1) is 0 Å². The van der Waals surface area contributed by atoms with Crippen LogP contribution in [0.25, 0.3) is 56.7 Å². The summed E-state index contributed by atoms with van der Waals surface area (Å²) in [5, 5.41) is 0. The Hall–Kier alpha value is -12.5. The summed E-state index contributed by atoms with van der Waals surface area (Å²) < 4.78 is 11.7. The molecular formula is C98H109N19O2. The van der Waals surface area contributed by atoms with Crippen LogP contribution in [-0.2, 0) is 45.1 Å². The van der Waals surface area contributed by atoms with E-state index in [4.69, 9.17) is 49.0 Å². The van der Waals surface area contributed by atoms with E-state index in [1.165, 1.54) is 64.2 Å². The third kappa shape index (κ3) is 22.0. The molecule has 21 nitrogen and oxygen atoms in total. The Morgan fingerprint density at radius 1 is 0.277 bits per heavy atom. The van der Waals surface area contributed by atoms with Gasteiger partial charge in [-0.25, -0.2) is 59.8 Å². The average molecular weight is 1590 g/mol. The van der Waals surface area contributed by atoms with Crippen molar-refractivity contribution in [1.29, 1.82) is 0 Å². The van der Waals surface area contributed by atoms with Crippen LogP contribution in [0.1, 0.15) is 155 Å². The van der Waals surface area contributed by atoms with Gasteiger partial charge in [-0.1, -0.05) is 84.9 Å². The fraction of sp³-hybridized carbons (Fsp3) is 0.347. The van der Waals surface area contributed by atoms with Crippen LogP contribution in [-0.4, -0.2) is 135 Å². The molecule has 14 aromatic rings. The number of nitrogens with zero attached hydrogens (tertiary/aromatic N) is 19. The molecule has 0 spiro atoms. The molecule has 21 heteroatoms. The van der Waals surface area contributed by atoms with Crippen molar-refractivity contribution in [3.63, 3.8) is 0 Å². The second kappa shape index (κ2) is 40.1. The SMILES string of the molecule is Cc1nc(C)c(CCc2cccc(N3CCCC3)n2)nc1C.Cc1nc2ccccc2nc1C=Cc1cccc(N2CCCC2)n1.Cc1nc2ccccc2nc1CCc1cccc(N2CCCC2)n1.Cc1nc2ccccc2nc1OCc1cccc(N2CCCC2)n1.Cc1oc(-c2ccccc2)nc1CCc1cccc(N2CCCC2)n1. The van der Waals surface area contributed by atoms with E-state index >= 15 is 0 Å². The normalized spacial score (nSPS) is 14.5. The molecule has 0 aliphatic carbocycles. The summed E-state index contributed by atoms with van der Waals surface area (Å²) in [6, 6.07) is 65.2. The number of oxazole rings is 1. The van der Waals surface area contributed by atoms with E-state index in [1.54, 1.807) is 0 Å². The van der Waals surface area contributed by atoms with E-state index in [1.807, 2.05) is 182 Å². The number of benzene rings is 4. The minimum Gasteiger partial charge on any atom is -0.470 e. The van der Waals surface area contributed by atoms with Crippen molar-refractivity contribution in [3.8, 4) is 17.3 Å². The Kier molecular flexibility index (Phi) is 27.5. The van der Waals surface area contributed by atoms with Crippen molar-refractivity contribution in [2.24, 2.45) is 0 Å². The fourth-order valence-electron chi connectivity index (χ4n) is 15.7. The van der Waals surface area contributed by atoms with Crippen LogP contribution in [0.3, 0.4) is 0 Å². The lowest BCUT2D eigenvalue weighted by Crippen LogP contribution is -2.19. The topological polar surface area (TPSA) is 219 Å². The summed E-state index contributed by atoms with van der Waals surface area (Å²) in [5.74, 6) is 7.62. The minimum atomic E-state index is 0.398. The number of para-hydroxylation sites is 6. The number of fused-ring (bicyclic) bond motifs is 3. The maximum absolute atomic E-state index is 5.89. The summed E-state index contributed by atoms with van der Waals surface area (Å²) >= 11 is 0. The molecule has 0 bridgehead atoms. The highest BCUT2D eigenvalue weighted by molar-refractivity contribution is 5.78. The maximum atomic E-state index is 5.89. The lowest BCUT2D eigenvalue weighted by molar-refractivity contribution is 0.287. The molecule has 5 saturated heterocycles. The van der Waals surface area contributed by atoms with E-state index < -0.39 is 0 Å². The average Bonchev–Trinajstić information content (AvgIpc) is 1.75. The summed E-state index contributed by atoms with van der Waals surface area (Å²) in [6.45, 7) is 25.6. The van der Waals surface area contributed by atoms with E-state index in [0.717, 1.165) is 263 Å². The third-order valence-electron chi connectivity index (χ3n) is 22.5. The smallest absolute Gasteiger partial charge is 0.236 e. The van der Waals surface area contributed by atoms with Gasteiger partial charge >= 0.3 is 0 Å². The van der Waals surface area contributed by atoms with Gasteiger partial charge in [0.1, 0.15) is 47.2 Å². The van der Waals surface area contributed by atoms with E-state index in [9.17, 15) is 0 Å². The highest BCUT2D eigenvalue weighted by Gasteiger charge is 2.21. The molecule has 0 amide bonds. The zero-order valence-corrected chi connectivity index (χ0v) is 70.0. The van der Waals surface area contributed by atoms with Crippen LogP contribution in [0.5, 0.6) is 5.88 Å². The standard InChI is InChI=1S/C21H23N3O.C20H22N4.C20H20N4.C19H20N4O.C18H24N4/c1-16-19(23-21(25-16)17-8-3-2-4-9-17)13-12-18-10-7-11-20(22-18)24-14-5-6-15-24;2*1-15-17(23-19-9-3-2-8-18(19)21-15)12-11-16-7-6-10-20(22-16)24-13-4-5-14-24;1-14-19(22-17-9-3-2-8-16(17)20-14)24-13-15-7-6-10-18(21-15)23-11-4-5-12-23;1-13-14(2)20-17(15(3)19-13)10-9-16-7-6-8-18(21-16)22-11-4-5-12-22/h2-4,7-11H,5-6,12-15H2,1H3;2-3,6-10H,4-5,11-14H2,1H3;2-3,6-12H,4-5,13-14H2,1H3;2-3,6-10H,4-5,11-13H2,1H3;6-8H,4-5,9-12H2,1-3H3. The summed E-state index contributed by atoms with van der Waals surface area (Å²) in [4.78, 5) is 77.6. The molecule has 608 valence electrons. The van der Waals surface area contributed by atoms with E-state index in [2.05, 4.69) is 127 Å². The highest BCUT2D eigenvalue weighted by Crippen LogP contribution is 2.28. The predicted molar refractivity (Wildman–Crippen MR) is 480 cm³/mol. The predicted octanol–water partition coefficient (Wildman–Crippen LogP) is 18.9. The first kappa shape index (κ1) is 81.6. The van der Waals surface area contributed by atoms with Crippen molar-refractivity contribution in [2.75, 3.05) is 89.9 Å². The molecule has 10 aromatic heterocycles. The van der Waals surface area contributed by atoms with Crippen LogP contribution in [0.2, 0.25) is 0 Å². The third-order valence-corrected chi connectivity index (χ3v) is 22.5. The Balaban J connectivity index is 0.000000116. The number of rotatable bonds is 20. The second-order valence-corrected chi connectivity index (χ2v) is 31.3. The van der Waals surface area contributed by atoms with Crippen LogP contribution in [0, 0.1) is 48.5 Å². The van der Waals surface area contributed by atoms with Crippen LogP contribution in [0.15, 0.2) is 199 Å². The van der Waals surface area contributed by atoms with Crippen LogP contribution in [0.4, 0.5) is 29.1 Å². The van der Waals surface area contributed by atoms with Gasteiger partial charge in [0.15, 0.2) is 0 Å². The minimum absolute atomic E-state index is 0.398. The number of anilines is 5. The Labute approximate surface area is 699 Å². The first-order valence-corrected chi connectivity index (χ1v) is 42.7. The number of aryl methyl sites for hydroxylation is 13. The molecule has 119 heavy (non-hydrogen) atoms. The van der Waals surface area contributed by atoms with Crippen molar-refractivity contribution in [2.45, 2.75) is 158 Å². The summed E-state index contributed by atoms with van der Waals surface area (Å²) in [6.07, 6.45) is 22.0. The van der Waals surface area contributed by atoms with Gasteiger partial charge in [-0.3, -0.25) is 9.97 Å². The van der Waals surface area contributed by atoms with Crippen LogP contribution >= 0.6 is 0 Å². The molecule has 19 rings (SSSR count). The maximum Gasteiger partial charge on any atom is 0.236 e. The second-order valence-electron chi connectivity index (χ2n) is 31.3. The van der Waals surface area contributed by atoms with Gasteiger partial charge in [0.2, 0.25) is 11.8 Å². The van der Waals surface area contributed by atoms with Gasteiger partial charge in [0.25, 0.3) is 0 Å². The van der Waals surface area contributed by atoms with Crippen LogP contribution < -0.4 is 29.2 Å². The largest absolute Gasteiger partial charge is 0.470 e. The molecule has 0 unspecified atom stereocenters. The monoisotopic (exact) mass is 1580 g/mol. The molecule has 15 heterocycles. The lowest BCUT2D eigenvalue weighted by Gasteiger charge is -2.17. The zero-order valence-electron chi connectivity index (χ0n) is 70.0. The first-order valence-electron chi connectivity index (χ1n) is 42.7.